The number of rotatable bonds is 3. The van der Waals surface area contributed by atoms with Gasteiger partial charge >= 0.3 is 0 Å². The van der Waals surface area contributed by atoms with Gasteiger partial charge in [0.2, 0.25) is 0 Å². The zero-order valence-corrected chi connectivity index (χ0v) is 12.6. The molecule has 0 bridgehead atoms. The van der Waals surface area contributed by atoms with Gasteiger partial charge in [-0.25, -0.2) is 0 Å². The van der Waals surface area contributed by atoms with Crippen molar-refractivity contribution in [3.63, 3.8) is 0 Å². The van der Waals surface area contributed by atoms with Gasteiger partial charge in [0.25, 0.3) is 0 Å². The van der Waals surface area contributed by atoms with Crippen LogP contribution in [0, 0.1) is 20.8 Å². The fourth-order valence-corrected chi connectivity index (χ4v) is 3.33. The Labute approximate surface area is 116 Å². The maximum atomic E-state index is 9.31. The van der Waals surface area contributed by atoms with Crippen LogP contribution in [0.3, 0.4) is 0 Å². The second-order valence-electron chi connectivity index (χ2n) is 5.87. The van der Waals surface area contributed by atoms with Crippen LogP contribution >= 0.6 is 0 Å². The average Bonchev–Trinajstić information content (AvgIpc) is 2.31. The molecular formula is C16H26N2O. The van der Waals surface area contributed by atoms with E-state index >= 15 is 0 Å². The van der Waals surface area contributed by atoms with E-state index in [0.29, 0.717) is 6.04 Å². The summed E-state index contributed by atoms with van der Waals surface area (Å²) in [5.74, 6) is 0. The maximum Gasteiger partial charge on any atom is 0.0451 e. The van der Waals surface area contributed by atoms with E-state index in [1.54, 1.807) is 0 Å². The van der Waals surface area contributed by atoms with Crippen LogP contribution in [0.2, 0.25) is 0 Å². The molecular weight excluding hydrogens is 236 g/mol. The van der Waals surface area contributed by atoms with Gasteiger partial charge in [-0.05, 0) is 45.4 Å². The van der Waals surface area contributed by atoms with Crippen molar-refractivity contribution in [1.82, 2.24) is 4.90 Å². The number of piperazine rings is 1. The molecule has 1 N–H and O–H groups in total. The summed E-state index contributed by atoms with van der Waals surface area (Å²) in [7, 11) is 2.16. The number of aryl methyl sites for hydroxylation is 3. The number of benzene rings is 1. The number of aliphatic hydroxyl groups is 1. The van der Waals surface area contributed by atoms with Crippen molar-refractivity contribution < 1.29 is 5.11 Å². The Morgan fingerprint density at radius 3 is 2.37 bits per heavy atom. The number of aliphatic hydroxyl groups excluding tert-OH is 1. The smallest absolute Gasteiger partial charge is 0.0451 e. The van der Waals surface area contributed by atoms with Crippen molar-refractivity contribution in [3.05, 3.63) is 28.8 Å². The van der Waals surface area contributed by atoms with Crippen LogP contribution in [0.15, 0.2) is 12.1 Å². The lowest BCUT2D eigenvalue weighted by atomic mass is 10.00. The molecule has 0 aliphatic carbocycles. The second-order valence-corrected chi connectivity index (χ2v) is 5.87. The van der Waals surface area contributed by atoms with Gasteiger partial charge in [-0.15, -0.1) is 0 Å². The molecule has 1 aromatic carbocycles. The molecule has 0 aromatic heterocycles. The van der Waals surface area contributed by atoms with Crippen molar-refractivity contribution in [3.8, 4) is 0 Å². The average molecular weight is 262 g/mol. The highest BCUT2D eigenvalue weighted by Gasteiger charge is 2.26. The minimum absolute atomic E-state index is 0.263. The van der Waals surface area contributed by atoms with E-state index in [1.807, 2.05) is 0 Å². The van der Waals surface area contributed by atoms with Gasteiger partial charge < -0.3 is 14.9 Å². The quantitative estimate of drug-likeness (QED) is 0.904. The first-order valence-corrected chi connectivity index (χ1v) is 7.17. The van der Waals surface area contributed by atoms with Gasteiger partial charge in [-0.2, -0.15) is 0 Å². The second kappa shape index (κ2) is 5.93. The van der Waals surface area contributed by atoms with Gasteiger partial charge in [0.15, 0.2) is 0 Å². The van der Waals surface area contributed by atoms with Crippen LogP contribution in [-0.2, 0) is 0 Å². The molecule has 0 amide bonds. The Balaban J connectivity index is 2.33. The number of likely N-dealkylation sites (N-methyl/N-ethyl adjacent to an activating group) is 1. The van der Waals surface area contributed by atoms with Crippen molar-refractivity contribution in [2.75, 3.05) is 38.2 Å². The number of hydrogen-bond donors (Lipinski definition) is 1. The molecule has 0 saturated carbocycles. The molecule has 3 heteroatoms. The highest BCUT2D eigenvalue weighted by Crippen LogP contribution is 2.30. The van der Waals surface area contributed by atoms with Gasteiger partial charge in [0.05, 0.1) is 0 Å². The van der Waals surface area contributed by atoms with Crippen LogP contribution < -0.4 is 4.90 Å². The third-order valence-electron chi connectivity index (χ3n) is 4.07. The molecule has 1 unspecified atom stereocenters. The Morgan fingerprint density at radius 2 is 1.79 bits per heavy atom. The Bertz CT molecular complexity index is 421. The lowest BCUT2D eigenvalue weighted by Gasteiger charge is -2.43. The molecule has 1 heterocycles. The summed E-state index contributed by atoms with van der Waals surface area (Å²) in [5, 5.41) is 9.31. The predicted octanol–water partition coefficient (Wildman–Crippen LogP) is 2.11. The van der Waals surface area contributed by atoms with E-state index in [9.17, 15) is 5.11 Å². The first-order valence-electron chi connectivity index (χ1n) is 7.17. The maximum absolute atomic E-state index is 9.31. The Kier molecular flexibility index (Phi) is 4.48. The van der Waals surface area contributed by atoms with Crippen molar-refractivity contribution in [2.45, 2.75) is 33.2 Å². The van der Waals surface area contributed by atoms with Crippen LogP contribution in [0.25, 0.3) is 0 Å². The normalized spacial score (nSPS) is 20.9. The lowest BCUT2D eigenvalue weighted by molar-refractivity contribution is 0.219. The van der Waals surface area contributed by atoms with E-state index in [2.05, 4.69) is 49.8 Å². The Morgan fingerprint density at radius 1 is 1.16 bits per heavy atom. The predicted molar refractivity (Wildman–Crippen MR) is 81.0 cm³/mol. The standard InChI is InChI=1S/C16H26N2O/c1-12-9-13(2)16(14(3)10-12)18-7-6-17(4)11-15(18)5-8-19/h9-10,15,19H,5-8,11H2,1-4H3. The van der Waals surface area contributed by atoms with Crippen molar-refractivity contribution in [1.29, 1.82) is 0 Å². The largest absolute Gasteiger partial charge is 0.396 e. The third kappa shape index (κ3) is 3.10. The van der Waals surface area contributed by atoms with Gasteiger partial charge in [-0.3, -0.25) is 0 Å². The van der Waals surface area contributed by atoms with E-state index in [1.165, 1.54) is 22.4 Å². The van der Waals surface area contributed by atoms with Crippen LogP contribution in [0.5, 0.6) is 0 Å². The van der Waals surface area contributed by atoms with E-state index < -0.39 is 0 Å². The van der Waals surface area contributed by atoms with E-state index in [0.717, 1.165) is 26.1 Å². The first kappa shape index (κ1) is 14.4. The number of anilines is 1. The van der Waals surface area contributed by atoms with E-state index in [4.69, 9.17) is 0 Å². The summed E-state index contributed by atoms with van der Waals surface area (Å²) in [6.07, 6.45) is 0.844. The van der Waals surface area contributed by atoms with Gasteiger partial charge in [0, 0.05) is 38.0 Å². The summed E-state index contributed by atoms with van der Waals surface area (Å²) in [5.41, 5.74) is 5.40. The highest BCUT2D eigenvalue weighted by molar-refractivity contribution is 5.61. The number of hydrogen-bond acceptors (Lipinski definition) is 3. The molecule has 1 fully saturated rings. The summed E-state index contributed by atoms with van der Waals surface area (Å²) >= 11 is 0. The zero-order valence-electron chi connectivity index (χ0n) is 12.6. The third-order valence-corrected chi connectivity index (χ3v) is 4.07. The minimum atomic E-state index is 0.263. The SMILES string of the molecule is Cc1cc(C)c(N2CCN(C)CC2CCO)c(C)c1. The first-order chi connectivity index (χ1) is 9.02. The minimum Gasteiger partial charge on any atom is -0.396 e. The lowest BCUT2D eigenvalue weighted by Crippen LogP contribution is -2.52. The van der Waals surface area contributed by atoms with Crippen LogP contribution in [-0.4, -0.2) is 49.3 Å². The topological polar surface area (TPSA) is 26.7 Å². The molecule has 1 aromatic rings. The molecule has 1 atom stereocenters. The molecule has 1 aliphatic rings. The highest BCUT2D eigenvalue weighted by atomic mass is 16.3. The summed E-state index contributed by atoms with van der Waals surface area (Å²) in [6, 6.07) is 4.94. The molecule has 106 valence electrons. The van der Waals surface area contributed by atoms with Crippen LogP contribution in [0.1, 0.15) is 23.1 Å². The van der Waals surface area contributed by atoms with Gasteiger partial charge in [0.1, 0.15) is 0 Å². The molecule has 19 heavy (non-hydrogen) atoms. The van der Waals surface area contributed by atoms with Gasteiger partial charge in [-0.1, -0.05) is 17.7 Å². The monoisotopic (exact) mass is 262 g/mol. The number of nitrogens with zero attached hydrogens (tertiary/aromatic N) is 2. The fourth-order valence-electron chi connectivity index (χ4n) is 3.33. The Hall–Kier alpha value is -1.06. The molecule has 0 spiro atoms. The zero-order chi connectivity index (χ0) is 14.0. The molecule has 2 rings (SSSR count). The molecule has 0 radical (unpaired) electrons. The summed E-state index contributed by atoms with van der Waals surface area (Å²) in [6.45, 7) is 9.99. The fraction of sp³-hybridized carbons (Fsp3) is 0.625. The van der Waals surface area contributed by atoms with Crippen molar-refractivity contribution in [2.24, 2.45) is 0 Å². The molecule has 1 saturated heterocycles. The summed E-state index contributed by atoms with van der Waals surface area (Å²) in [4.78, 5) is 4.86. The molecule has 3 nitrogen and oxygen atoms in total. The summed E-state index contributed by atoms with van der Waals surface area (Å²) < 4.78 is 0. The molecule has 1 aliphatic heterocycles. The van der Waals surface area contributed by atoms with E-state index in [-0.39, 0.29) is 6.61 Å². The van der Waals surface area contributed by atoms with Crippen LogP contribution in [0.4, 0.5) is 5.69 Å². The van der Waals surface area contributed by atoms with Crippen molar-refractivity contribution >= 4 is 5.69 Å².